The Labute approximate surface area is 522 Å². The predicted molar refractivity (Wildman–Crippen MR) is 326 cm³/mol. The van der Waals surface area contributed by atoms with Crippen LogP contribution in [-0.4, -0.2) is 118 Å². The molecule has 0 saturated carbocycles. The van der Waals surface area contributed by atoms with Crippen LogP contribution in [0.3, 0.4) is 0 Å². The van der Waals surface area contributed by atoms with Gasteiger partial charge in [-0.3, -0.25) is 0 Å². The van der Waals surface area contributed by atoms with Gasteiger partial charge in [0, 0.05) is 14.2 Å². The summed E-state index contributed by atoms with van der Waals surface area (Å²) in [6.45, 7) is 1.56. The van der Waals surface area contributed by atoms with Crippen LogP contribution < -0.4 is 0 Å². The number of methoxy groups -OCH3 is 2. The predicted octanol–water partition coefficient (Wildman–Crippen LogP) is 9.84. The molecule has 0 aliphatic carbocycles. The fourth-order valence-corrected chi connectivity index (χ4v) is 10.7. The first kappa shape index (κ1) is 62.9. The molecule has 11 rings (SSSR count). The van der Waals surface area contributed by atoms with E-state index in [1.807, 2.05) is 182 Å². The van der Waals surface area contributed by atoms with Gasteiger partial charge in [0.2, 0.25) is 0 Å². The second-order valence-corrected chi connectivity index (χ2v) is 21.7. The minimum atomic E-state index is -0.845. The molecular weight excluding hydrogens is 1150 g/mol. The molecular formula is C70H72N6O14. The highest BCUT2D eigenvalue weighted by molar-refractivity contribution is 5.95. The highest BCUT2D eigenvalue weighted by Gasteiger charge is 2.50. The van der Waals surface area contributed by atoms with Crippen molar-refractivity contribution in [2.45, 2.75) is 127 Å². The first-order valence-electron chi connectivity index (χ1n) is 29.8. The van der Waals surface area contributed by atoms with Crippen LogP contribution in [0.4, 0.5) is 0 Å². The van der Waals surface area contributed by atoms with Gasteiger partial charge in [0.15, 0.2) is 12.6 Å². The lowest BCUT2D eigenvalue weighted by molar-refractivity contribution is -0.319. The number of hydrogen-bond acceptors (Lipinski definition) is 18. The van der Waals surface area contributed by atoms with Crippen molar-refractivity contribution >= 4 is 11.9 Å². The molecule has 9 aromatic rings. The Kier molecular flexibility index (Phi) is 22.5. The van der Waals surface area contributed by atoms with Gasteiger partial charge in [-0.2, -0.15) is 0 Å². The number of benzene rings is 7. The Balaban J connectivity index is 0.721. The van der Waals surface area contributed by atoms with Crippen LogP contribution in [0.2, 0.25) is 0 Å². The molecule has 20 nitrogen and oxygen atoms in total. The lowest BCUT2D eigenvalue weighted by atomic mass is 9.97. The molecule has 0 amide bonds. The lowest BCUT2D eigenvalue weighted by Gasteiger charge is -2.45. The first-order valence-corrected chi connectivity index (χ1v) is 29.8. The van der Waals surface area contributed by atoms with Gasteiger partial charge >= 0.3 is 11.9 Å². The summed E-state index contributed by atoms with van der Waals surface area (Å²) < 4.78 is 80.1. The van der Waals surface area contributed by atoms with Gasteiger partial charge < -0.3 is 56.8 Å². The smallest absolute Gasteiger partial charge is 0.338 e. The van der Waals surface area contributed by atoms with Crippen molar-refractivity contribution in [3.63, 3.8) is 0 Å². The Morgan fingerprint density at radius 2 is 0.656 bits per heavy atom. The van der Waals surface area contributed by atoms with Gasteiger partial charge in [0.1, 0.15) is 73.4 Å². The molecule has 90 heavy (non-hydrogen) atoms. The molecule has 2 aliphatic rings. The van der Waals surface area contributed by atoms with Gasteiger partial charge in [0.05, 0.1) is 76.3 Å². The quantitative estimate of drug-likeness (QED) is 0.0384. The zero-order valence-electron chi connectivity index (χ0n) is 50.0. The van der Waals surface area contributed by atoms with Crippen LogP contribution in [0.15, 0.2) is 219 Å². The molecule has 0 N–H and O–H groups in total. The maximum absolute atomic E-state index is 13.6. The van der Waals surface area contributed by atoms with Crippen molar-refractivity contribution in [3.05, 3.63) is 275 Å². The van der Waals surface area contributed by atoms with E-state index in [0.717, 1.165) is 33.4 Å². The Hall–Kier alpha value is -8.64. The van der Waals surface area contributed by atoms with Gasteiger partial charge in [-0.05, 0) is 51.6 Å². The Morgan fingerprint density at radius 1 is 0.367 bits per heavy atom. The van der Waals surface area contributed by atoms with E-state index in [9.17, 15) is 9.59 Å². The van der Waals surface area contributed by atoms with Crippen LogP contribution in [0.1, 0.15) is 65.5 Å². The first-order chi connectivity index (χ1) is 44.3. The number of esters is 2. The standard InChI is InChI=1S/C70H72N6O14/c1-79-69-65(85-45-53-30-17-7-18-31-53)63(83-43-51-26-13-5-14-27-51)61(81-41-49-22-9-3-10-23-49)59(89-69)39-75-37-57(71-73-75)47-87-67(77)55-34-21-35-56(36-55)68(78)88-48-58-38-76(74-72-58)40-60-62(82-42-50-24-11-4-12-25-50)64(84-44-52-28-15-6-16-29-52)66(70(80-2)90-60)86-46-54-32-19-8-20-33-54/h3-38,59-66,69-70H,39-48H2,1-2H3/t59-,60-,61-,62-,63+,64+,65+,66+,69+,70+/m1/s1. The molecule has 7 aromatic carbocycles. The third-order valence-electron chi connectivity index (χ3n) is 15.3. The molecule has 0 spiro atoms. The summed E-state index contributed by atoms with van der Waals surface area (Å²) in [5, 5.41) is 17.4. The monoisotopic (exact) mass is 1220 g/mol. The maximum Gasteiger partial charge on any atom is 0.338 e. The number of rotatable bonds is 30. The van der Waals surface area contributed by atoms with Gasteiger partial charge in [-0.15, -0.1) is 10.2 Å². The van der Waals surface area contributed by atoms with Crippen LogP contribution >= 0.6 is 0 Å². The summed E-state index contributed by atoms with van der Waals surface area (Å²) in [5.74, 6) is -1.38. The maximum atomic E-state index is 13.6. The van der Waals surface area contributed by atoms with Crippen molar-refractivity contribution in [2.24, 2.45) is 0 Å². The zero-order valence-corrected chi connectivity index (χ0v) is 50.0. The number of carbonyl (C=O) groups excluding carboxylic acids is 2. The van der Waals surface area contributed by atoms with Crippen LogP contribution in [0, 0.1) is 0 Å². The number of carbonyl (C=O) groups is 2. The van der Waals surface area contributed by atoms with Crippen LogP contribution in [-0.2, 0) is 123 Å². The van der Waals surface area contributed by atoms with Crippen molar-refractivity contribution in [1.29, 1.82) is 0 Å². The van der Waals surface area contributed by atoms with E-state index in [2.05, 4.69) is 20.6 Å². The number of hydrogen-bond donors (Lipinski definition) is 0. The largest absolute Gasteiger partial charge is 0.455 e. The molecule has 0 bridgehead atoms. The topological polar surface area (TPSA) is 206 Å². The average Bonchev–Trinajstić information content (AvgIpc) is 1.26. The third kappa shape index (κ3) is 17.4. The highest BCUT2D eigenvalue weighted by Crippen LogP contribution is 2.34. The van der Waals surface area contributed by atoms with Gasteiger partial charge in [0.25, 0.3) is 0 Å². The summed E-state index contributed by atoms with van der Waals surface area (Å²) in [6, 6.07) is 65.3. The molecule has 2 fully saturated rings. The molecule has 2 saturated heterocycles. The summed E-state index contributed by atoms with van der Waals surface area (Å²) in [5.41, 5.74) is 6.81. The van der Waals surface area contributed by atoms with Gasteiger partial charge in [-0.1, -0.05) is 198 Å². The molecule has 4 heterocycles. The van der Waals surface area contributed by atoms with Gasteiger partial charge in [-0.25, -0.2) is 19.0 Å². The Bertz CT molecular complexity index is 3360. The van der Waals surface area contributed by atoms with Crippen molar-refractivity contribution in [1.82, 2.24) is 30.0 Å². The van der Waals surface area contributed by atoms with E-state index in [1.54, 1.807) is 54.2 Å². The third-order valence-corrected chi connectivity index (χ3v) is 15.3. The minimum Gasteiger partial charge on any atom is -0.455 e. The lowest BCUT2D eigenvalue weighted by Crippen LogP contribution is -2.61. The summed E-state index contributed by atoms with van der Waals surface area (Å²) in [6.07, 6.45) is -3.73. The molecule has 2 aliphatic heterocycles. The fraction of sp³-hybridized carbons (Fsp3) is 0.314. The van der Waals surface area contributed by atoms with E-state index in [4.69, 9.17) is 56.8 Å². The SMILES string of the molecule is CO[C@H]1O[C@H](Cn2cc(COC(=O)c3cccc(C(=O)OCc4cn(C[C@H]5O[C@H](OC)[C@@H](OCc6ccccc6)[C@@H](OCc6ccccc6)[C@@H]5OCc5ccccc5)nn4)c3)nn2)[C@@H](OCc2ccccc2)[C@H](OCc2ccccc2)[C@@H]1OCc1ccccc1. The van der Waals surface area contributed by atoms with Crippen molar-refractivity contribution in [2.75, 3.05) is 14.2 Å². The second-order valence-electron chi connectivity index (χ2n) is 21.7. The van der Waals surface area contributed by atoms with Crippen molar-refractivity contribution < 1.29 is 66.4 Å². The minimum absolute atomic E-state index is 0.123. The van der Waals surface area contributed by atoms with E-state index in [-0.39, 0.29) is 77.1 Å². The molecule has 0 radical (unpaired) electrons. The number of aromatic nitrogens is 6. The average molecular weight is 1220 g/mol. The van der Waals surface area contributed by atoms with E-state index >= 15 is 0 Å². The Morgan fingerprint density at radius 3 is 0.956 bits per heavy atom. The van der Waals surface area contributed by atoms with E-state index in [0.29, 0.717) is 11.4 Å². The molecule has 10 atom stereocenters. The van der Waals surface area contributed by atoms with Crippen LogP contribution in [0.25, 0.3) is 0 Å². The van der Waals surface area contributed by atoms with Crippen LogP contribution in [0.5, 0.6) is 0 Å². The zero-order chi connectivity index (χ0) is 61.7. The normalized spacial score (nSPS) is 21.6. The number of nitrogens with zero attached hydrogens (tertiary/aromatic N) is 6. The summed E-state index contributed by atoms with van der Waals surface area (Å²) >= 11 is 0. The summed E-state index contributed by atoms with van der Waals surface area (Å²) in [4.78, 5) is 27.2. The molecule has 0 unspecified atom stereocenters. The molecule has 20 heteroatoms. The summed E-state index contributed by atoms with van der Waals surface area (Å²) in [7, 11) is 3.14. The second kappa shape index (κ2) is 32.2. The fourth-order valence-electron chi connectivity index (χ4n) is 10.7. The number of ether oxygens (including phenoxy) is 12. The van der Waals surface area contributed by atoms with E-state index in [1.165, 1.54) is 6.07 Å². The highest BCUT2D eigenvalue weighted by atomic mass is 16.7. The van der Waals surface area contributed by atoms with Crippen molar-refractivity contribution in [3.8, 4) is 0 Å². The molecule has 466 valence electrons. The van der Waals surface area contributed by atoms with E-state index < -0.39 is 73.4 Å². The molecule has 2 aromatic heterocycles.